The summed E-state index contributed by atoms with van der Waals surface area (Å²) < 4.78 is 0. The summed E-state index contributed by atoms with van der Waals surface area (Å²) in [5, 5.41) is 3.17. The highest BCUT2D eigenvalue weighted by atomic mass is 16.1. The van der Waals surface area contributed by atoms with E-state index in [1.807, 2.05) is 24.3 Å². The summed E-state index contributed by atoms with van der Waals surface area (Å²) in [6, 6.07) is 8.48. The highest BCUT2D eigenvalue weighted by molar-refractivity contribution is 5.96. The van der Waals surface area contributed by atoms with Gasteiger partial charge < -0.3 is 11.1 Å². The van der Waals surface area contributed by atoms with Gasteiger partial charge >= 0.3 is 0 Å². The van der Waals surface area contributed by atoms with E-state index in [0.29, 0.717) is 6.04 Å². The molecule has 0 aliphatic heterocycles. The monoisotopic (exact) mass is 274 g/mol. The molecule has 1 aliphatic carbocycles. The Morgan fingerprint density at radius 2 is 1.75 bits per heavy atom. The van der Waals surface area contributed by atoms with E-state index in [2.05, 4.69) is 26.1 Å². The molecule has 3 N–H and O–H groups in total. The lowest BCUT2D eigenvalue weighted by atomic mass is 9.83. The molecule has 0 bridgehead atoms. The summed E-state index contributed by atoms with van der Waals surface area (Å²) in [6.45, 7) is 6.41. The smallest absolute Gasteiger partial charge is 0.251 e. The summed E-state index contributed by atoms with van der Waals surface area (Å²) >= 11 is 0. The summed E-state index contributed by atoms with van der Waals surface area (Å²) in [4.78, 5) is 12.5. The highest BCUT2D eigenvalue weighted by Gasteiger charge is 2.24. The lowest BCUT2D eigenvalue weighted by Gasteiger charge is -2.28. The zero-order chi connectivity index (χ0) is 14.8. The van der Waals surface area contributed by atoms with Crippen molar-refractivity contribution in [3.05, 3.63) is 35.4 Å². The van der Waals surface area contributed by atoms with Gasteiger partial charge in [-0.15, -0.1) is 0 Å². The maximum absolute atomic E-state index is 12.5. The SMILES string of the molecule is CC(C)(C)c1ccccc1C(=O)NC1CCC(N)CC1. The lowest BCUT2D eigenvalue weighted by molar-refractivity contribution is 0.0923. The summed E-state index contributed by atoms with van der Waals surface area (Å²) in [5.74, 6) is 0.0518. The van der Waals surface area contributed by atoms with Crippen molar-refractivity contribution in [2.24, 2.45) is 5.73 Å². The van der Waals surface area contributed by atoms with Crippen LogP contribution in [-0.4, -0.2) is 18.0 Å². The zero-order valence-electron chi connectivity index (χ0n) is 12.8. The van der Waals surface area contributed by atoms with Crippen LogP contribution < -0.4 is 11.1 Å². The zero-order valence-corrected chi connectivity index (χ0v) is 12.8. The number of amides is 1. The Hall–Kier alpha value is -1.35. The van der Waals surface area contributed by atoms with E-state index in [1.165, 1.54) is 0 Å². The molecule has 1 fully saturated rings. The molecule has 1 aromatic carbocycles. The van der Waals surface area contributed by atoms with Gasteiger partial charge in [0.25, 0.3) is 5.91 Å². The van der Waals surface area contributed by atoms with Gasteiger partial charge in [-0.05, 0) is 42.7 Å². The number of carbonyl (C=O) groups excluding carboxylic acids is 1. The molecule has 1 aliphatic rings. The van der Waals surface area contributed by atoms with Crippen molar-refractivity contribution in [2.75, 3.05) is 0 Å². The molecular formula is C17H26N2O. The first-order valence-electron chi connectivity index (χ1n) is 7.54. The van der Waals surface area contributed by atoms with Gasteiger partial charge in [0.15, 0.2) is 0 Å². The average molecular weight is 274 g/mol. The second kappa shape index (κ2) is 5.96. The minimum absolute atomic E-state index is 0.0249. The minimum atomic E-state index is -0.0249. The molecule has 0 radical (unpaired) electrons. The number of rotatable bonds is 2. The summed E-state index contributed by atoms with van der Waals surface area (Å²) in [5.41, 5.74) is 7.79. The molecule has 0 unspecified atom stereocenters. The van der Waals surface area contributed by atoms with Crippen molar-refractivity contribution < 1.29 is 4.79 Å². The molecule has 0 saturated heterocycles. The van der Waals surface area contributed by atoms with Crippen LogP contribution in [0.25, 0.3) is 0 Å². The Labute approximate surface area is 121 Å². The van der Waals surface area contributed by atoms with Gasteiger partial charge in [0.2, 0.25) is 0 Å². The van der Waals surface area contributed by atoms with Gasteiger partial charge in [-0.1, -0.05) is 39.0 Å². The number of hydrogen-bond donors (Lipinski definition) is 2. The fraction of sp³-hybridized carbons (Fsp3) is 0.588. The summed E-state index contributed by atoms with van der Waals surface area (Å²) in [6.07, 6.45) is 3.99. The Balaban J connectivity index is 2.10. The predicted octanol–water partition coefficient (Wildman–Crippen LogP) is 2.98. The fourth-order valence-electron chi connectivity index (χ4n) is 2.86. The van der Waals surface area contributed by atoms with Crippen molar-refractivity contribution in [1.29, 1.82) is 0 Å². The number of nitrogens with two attached hydrogens (primary N) is 1. The molecule has 0 atom stereocenters. The molecule has 0 aromatic heterocycles. The molecule has 20 heavy (non-hydrogen) atoms. The van der Waals surface area contributed by atoms with Crippen LogP contribution in [0.1, 0.15) is 62.4 Å². The van der Waals surface area contributed by atoms with E-state index in [9.17, 15) is 4.79 Å². The van der Waals surface area contributed by atoms with E-state index in [4.69, 9.17) is 5.73 Å². The molecule has 1 amide bonds. The average Bonchev–Trinajstić information content (AvgIpc) is 2.40. The van der Waals surface area contributed by atoms with Crippen LogP contribution in [0.3, 0.4) is 0 Å². The molecule has 110 valence electrons. The van der Waals surface area contributed by atoms with Crippen LogP contribution in [0, 0.1) is 0 Å². The molecule has 1 saturated carbocycles. The third-order valence-electron chi connectivity index (χ3n) is 4.09. The second-order valence-electron chi connectivity index (χ2n) is 6.88. The Morgan fingerprint density at radius 1 is 1.15 bits per heavy atom. The van der Waals surface area contributed by atoms with Crippen LogP contribution in [0.4, 0.5) is 0 Å². The van der Waals surface area contributed by atoms with E-state index in [0.717, 1.165) is 36.8 Å². The van der Waals surface area contributed by atoms with Crippen molar-refractivity contribution in [1.82, 2.24) is 5.32 Å². The Morgan fingerprint density at radius 3 is 2.35 bits per heavy atom. The molecule has 0 heterocycles. The fourth-order valence-corrected chi connectivity index (χ4v) is 2.86. The first-order valence-corrected chi connectivity index (χ1v) is 7.54. The van der Waals surface area contributed by atoms with Crippen LogP contribution in [-0.2, 0) is 5.41 Å². The Bertz CT molecular complexity index is 468. The van der Waals surface area contributed by atoms with Crippen molar-refractivity contribution >= 4 is 5.91 Å². The predicted molar refractivity (Wildman–Crippen MR) is 82.8 cm³/mol. The topological polar surface area (TPSA) is 55.1 Å². The molecule has 1 aromatic rings. The summed E-state index contributed by atoms with van der Waals surface area (Å²) in [7, 11) is 0. The quantitative estimate of drug-likeness (QED) is 0.871. The normalized spacial score (nSPS) is 23.4. The van der Waals surface area contributed by atoms with E-state index in [-0.39, 0.29) is 17.4 Å². The molecule has 3 nitrogen and oxygen atoms in total. The molecule has 0 spiro atoms. The van der Waals surface area contributed by atoms with Gasteiger partial charge in [-0.3, -0.25) is 4.79 Å². The van der Waals surface area contributed by atoms with Crippen molar-refractivity contribution in [2.45, 2.75) is 64.0 Å². The lowest BCUT2D eigenvalue weighted by Crippen LogP contribution is -2.41. The van der Waals surface area contributed by atoms with Crippen LogP contribution >= 0.6 is 0 Å². The number of nitrogens with one attached hydrogen (secondary N) is 1. The standard InChI is InChI=1S/C17H26N2O/c1-17(2,3)15-7-5-4-6-14(15)16(20)19-13-10-8-12(18)9-11-13/h4-7,12-13H,8-11,18H2,1-3H3,(H,19,20). The molecule has 2 rings (SSSR count). The van der Waals surface area contributed by atoms with Crippen LogP contribution in [0.2, 0.25) is 0 Å². The van der Waals surface area contributed by atoms with E-state index in [1.54, 1.807) is 0 Å². The van der Waals surface area contributed by atoms with Gasteiger partial charge in [-0.25, -0.2) is 0 Å². The maximum atomic E-state index is 12.5. The molecule has 3 heteroatoms. The third kappa shape index (κ3) is 3.60. The minimum Gasteiger partial charge on any atom is -0.349 e. The molecular weight excluding hydrogens is 248 g/mol. The van der Waals surface area contributed by atoms with E-state index < -0.39 is 0 Å². The van der Waals surface area contributed by atoms with Crippen molar-refractivity contribution in [3.8, 4) is 0 Å². The largest absolute Gasteiger partial charge is 0.349 e. The van der Waals surface area contributed by atoms with Gasteiger partial charge in [0.1, 0.15) is 0 Å². The second-order valence-corrected chi connectivity index (χ2v) is 6.88. The van der Waals surface area contributed by atoms with Crippen molar-refractivity contribution in [3.63, 3.8) is 0 Å². The van der Waals surface area contributed by atoms with E-state index >= 15 is 0 Å². The van der Waals surface area contributed by atoms with Crippen LogP contribution in [0.15, 0.2) is 24.3 Å². The van der Waals surface area contributed by atoms with Gasteiger partial charge in [0.05, 0.1) is 0 Å². The highest BCUT2D eigenvalue weighted by Crippen LogP contribution is 2.26. The first kappa shape index (κ1) is 15.0. The maximum Gasteiger partial charge on any atom is 0.251 e. The Kier molecular flexibility index (Phi) is 4.48. The van der Waals surface area contributed by atoms with Gasteiger partial charge in [-0.2, -0.15) is 0 Å². The third-order valence-corrected chi connectivity index (χ3v) is 4.09. The first-order chi connectivity index (χ1) is 9.38. The van der Waals surface area contributed by atoms with Gasteiger partial charge in [0, 0.05) is 17.6 Å². The number of hydrogen-bond acceptors (Lipinski definition) is 2. The van der Waals surface area contributed by atoms with Crippen LogP contribution in [0.5, 0.6) is 0 Å². The number of carbonyl (C=O) groups is 1. The number of benzene rings is 1.